The molecule has 0 heterocycles. The van der Waals surface area contributed by atoms with E-state index in [-0.39, 0.29) is 18.9 Å². The van der Waals surface area contributed by atoms with Crippen LogP contribution in [0.3, 0.4) is 0 Å². The van der Waals surface area contributed by atoms with E-state index in [0.717, 1.165) is 11.1 Å². The fourth-order valence-electron chi connectivity index (χ4n) is 2.93. The molecule has 1 aliphatic rings. The Morgan fingerprint density at radius 3 is 2.64 bits per heavy atom. The van der Waals surface area contributed by atoms with E-state index >= 15 is 0 Å². The lowest BCUT2D eigenvalue weighted by molar-refractivity contribution is 0.0856. The molecule has 0 fully saturated rings. The summed E-state index contributed by atoms with van der Waals surface area (Å²) in [5.74, 6) is -0.643. The Labute approximate surface area is 148 Å². The zero-order chi connectivity index (χ0) is 18.7. The molecule has 1 aromatic rings. The van der Waals surface area contributed by atoms with Gasteiger partial charge in [0, 0.05) is 24.4 Å². The summed E-state index contributed by atoms with van der Waals surface area (Å²) in [6.45, 7) is 5.23. The number of amides is 1. The third kappa shape index (κ3) is 5.69. The van der Waals surface area contributed by atoms with Crippen molar-refractivity contribution < 1.29 is 23.1 Å². The van der Waals surface area contributed by atoms with Crippen LogP contribution in [0.25, 0.3) is 0 Å². The molecule has 25 heavy (non-hydrogen) atoms. The minimum Gasteiger partial charge on any atom is -0.445 e. The summed E-state index contributed by atoms with van der Waals surface area (Å²) < 4.78 is 32.4. The summed E-state index contributed by atoms with van der Waals surface area (Å²) in [5.41, 5.74) is 1.43. The highest BCUT2D eigenvalue weighted by molar-refractivity contribution is 7.89. The van der Waals surface area contributed by atoms with E-state index in [1.165, 1.54) is 0 Å². The van der Waals surface area contributed by atoms with Crippen molar-refractivity contribution in [3.05, 3.63) is 35.4 Å². The minimum absolute atomic E-state index is 0.0350. The van der Waals surface area contributed by atoms with E-state index < -0.39 is 33.7 Å². The first-order valence-corrected chi connectivity index (χ1v) is 9.91. The molecular weight excluding hydrogens is 344 g/mol. The summed E-state index contributed by atoms with van der Waals surface area (Å²) in [5, 5.41) is 11.6. The van der Waals surface area contributed by atoms with Crippen LogP contribution in [0.15, 0.2) is 24.3 Å². The maximum atomic E-state index is 12.2. The quantitative estimate of drug-likeness (QED) is 0.696. The van der Waals surface area contributed by atoms with E-state index in [4.69, 9.17) is 9.84 Å². The number of carbonyl (C=O) groups is 1. The van der Waals surface area contributed by atoms with E-state index in [9.17, 15) is 13.2 Å². The third-order valence-electron chi connectivity index (χ3n) is 3.89. The molecule has 0 saturated carbocycles. The van der Waals surface area contributed by atoms with Gasteiger partial charge in [-0.3, -0.25) is 0 Å². The lowest BCUT2D eigenvalue weighted by atomic mass is 10.0. The van der Waals surface area contributed by atoms with Crippen molar-refractivity contribution in [2.75, 3.05) is 18.9 Å². The number of rotatable bonds is 6. The van der Waals surface area contributed by atoms with Gasteiger partial charge >= 0.3 is 6.09 Å². The zero-order valence-electron chi connectivity index (χ0n) is 14.8. The van der Waals surface area contributed by atoms with Crippen molar-refractivity contribution in [1.82, 2.24) is 10.0 Å². The number of aliphatic hydroxyl groups is 1. The molecule has 1 amide bonds. The fraction of sp³-hybridized carbons (Fsp3) is 0.588. The van der Waals surface area contributed by atoms with Gasteiger partial charge in [0.2, 0.25) is 10.0 Å². The fourth-order valence-corrected chi connectivity index (χ4v) is 4.32. The molecule has 1 aromatic carbocycles. The number of sulfonamides is 1. The number of fused-ring (bicyclic) bond motifs is 1. The number of hydrogen-bond acceptors (Lipinski definition) is 5. The highest BCUT2D eigenvalue weighted by atomic mass is 32.2. The summed E-state index contributed by atoms with van der Waals surface area (Å²) in [6.07, 6.45) is -0.630. The standard InChI is InChI=1S/C17H26N2O5S/c1-17(2,3)19-16(21)24-15-10-12-6-4-5-7-13(12)14(15)11-25(22,23)18-8-9-20/h4-7,14-15,18,20H,8-11H2,1-3H3,(H,19,21)/t14-,15-/m1/s1. The average molecular weight is 370 g/mol. The van der Waals surface area contributed by atoms with E-state index in [0.29, 0.717) is 6.42 Å². The lowest BCUT2D eigenvalue weighted by Gasteiger charge is -2.25. The Balaban J connectivity index is 2.17. The van der Waals surface area contributed by atoms with Crippen LogP contribution < -0.4 is 10.0 Å². The summed E-state index contributed by atoms with van der Waals surface area (Å²) >= 11 is 0. The first-order valence-electron chi connectivity index (χ1n) is 8.26. The number of ether oxygens (including phenoxy) is 1. The van der Waals surface area contributed by atoms with E-state index in [2.05, 4.69) is 10.0 Å². The Hall–Kier alpha value is -1.64. The predicted octanol–water partition coefficient (Wildman–Crippen LogP) is 1.13. The number of alkyl carbamates (subject to hydrolysis) is 1. The highest BCUT2D eigenvalue weighted by Crippen LogP contribution is 2.36. The van der Waals surface area contributed by atoms with Crippen molar-refractivity contribution >= 4 is 16.1 Å². The van der Waals surface area contributed by atoms with Crippen LogP contribution in [0.5, 0.6) is 0 Å². The predicted molar refractivity (Wildman–Crippen MR) is 94.9 cm³/mol. The van der Waals surface area contributed by atoms with E-state index in [1.807, 2.05) is 45.0 Å². The number of hydrogen-bond donors (Lipinski definition) is 3. The maximum Gasteiger partial charge on any atom is 0.407 e. The molecule has 1 aliphatic carbocycles. The third-order valence-corrected chi connectivity index (χ3v) is 5.33. The van der Waals surface area contributed by atoms with Crippen molar-refractivity contribution in [1.29, 1.82) is 0 Å². The molecule has 7 nitrogen and oxygen atoms in total. The molecule has 0 bridgehead atoms. The molecule has 140 valence electrons. The van der Waals surface area contributed by atoms with Gasteiger partial charge in [0.15, 0.2) is 0 Å². The first kappa shape index (κ1) is 19.7. The van der Waals surface area contributed by atoms with Crippen LogP contribution in [0, 0.1) is 0 Å². The van der Waals surface area contributed by atoms with Crippen molar-refractivity contribution in [3.63, 3.8) is 0 Å². The van der Waals surface area contributed by atoms with Gasteiger partial charge in [-0.25, -0.2) is 17.9 Å². The van der Waals surface area contributed by atoms with Gasteiger partial charge in [-0.05, 0) is 31.9 Å². The van der Waals surface area contributed by atoms with Gasteiger partial charge in [0.25, 0.3) is 0 Å². The van der Waals surface area contributed by atoms with Crippen LogP contribution in [-0.2, 0) is 21.2 Å². The van der Waals surface area contributed by atoms with Gasteiger partial charge in [-0.15, -0.1) is 0 Å². The monoisotopic (exact) mass is 370 g/mol. The molecule has 0 radical (unpaired) electrons. The average Bonchev–Trinajstić information content (AvgIpc) is 2.80. The molecular formula is C17H26N2O5S. The maximum absolute atomic E-state index is 12.2. The van der Waals surface area contributed by atoms with Crippen LogP contribution in [0.4, 0.5) is 4.79 Å². The molecule has 0 saturated heterocycles. The van der Waals surface area contributed by atoms with Crippen molar-refractivity contribution in [3.8, 4) is 0 Å². The van der Waals surface area contributed by atoms with Crippen LogP contribution >= 0.6 is 0 Å². The lowest BCUT2D eigenvalue weighted by Crippen LogP contribution is -2.43. The van der Waals surface area contributed by atoms with Gasteiger partial charge in [-0.1, -0.05) is 24.3 Å². The molecule has 8 heteroatoms. The molecule has 0 spiro atoms. The second-order valence-electron chi connectivity index (χ2n) is 7.23. The largest absolute Gasteiger partial charge is 0.445 e. The number of benzene rings is 1. The SMILES string of the molecule is CC(C)(C)NC(=O)O[C@@H]1Cc2ccccc2[C@H]1CS(=O)(=O)NCCO. The second kappa shape index (κ2) is 7.72. The van der Waals surface area contributed by atoms with Gasteiger partial charge < -0.3 is 15.2 Å². The molecule has 0 aromatic heterocycles. The van der Waals surface area contributed by atoms with Crippen LogP contribution in [0.2, 0.25) is 0 Å². The number of carbonyl (C=O) groups excluding carboxylic acids is 1. The Morgan fingerprint density at radius 1 is 1.32 bits per heavy atom. The van der Waals surface area contributed by atoms with Crippen molar-refractivity contribution in [2.24, 2.45) is 0 Å². The van der Waals surface area contributed by atoms with Crippen LogP contribution in [-0.4, -0.2) is 50.2 Å². The topological polar surface area (TPSA) is 105 Å². The number of aliphatic hydroxyl groups excluding tert-OH is 1. The Kier molecular flexibility index (Phi) is 6.08. The van der Waals surface area contributed by atoms with E-state index in [1.54, 1.807) is 0 Å². The van der Waals surface area contributed by atoms with Gasteiger partial charge in [0.1, 0.15) is 6.10 Å². The highest BCUT2D eigenvalue weighted by Gasteiger charge is 2.38. The minimum atomic E-state index is -3.60. The van der Waals surface area contributed by atoms with Gasteiger partial charge in [-0.2, -0.15) is 0 Å². The Morgan fingerprint density at radius 2 is 2.00 bits per heavy atom. The summed E-state index contributed by atoms with van der Waals surface area (Å²) in [7, 11) is -3.60. The molecule has 2 rings (SSSR count). The summed E-state index contributed by atoms with van der Waals surface area (Å²) in [4.78, 5) is 12.1. The summed E-state index contributed by atoms with van der Waals surface area (Å²) in [6, 6.07) is 7.51. The first-order chi connectivity index (χ1) is 11.6. The number of nitrogens with one attached hydrogen (secondary N) is 2. The smallest absolute Gasteiger partial charge is 0.407 e. The van der Waals surface area contributed by atoms with Gasteiger partial charge in [0.05, 0.1) is 12.4 Å². The molecule has 0 aliphatic heterocycles. The van der Waals surface area contributed by atoms with Crippen LogP contribution in [0.1, 0.15) is 37.8 Å². The molecule has 0 unspecified atom stereocenters. The molecule has 3 N–H and O–H groups in total. The Bertz CT molecular complexity index is 712. The zero-order valence-corrected chi connectivity index (χ0v) is 15.6. The molecule has 2 atom stereocenters. The normalized spacial score (nSPS) is 20.2. The van der Waals surface area contributed by atoms with Crippen molar-refractivity contribution in [2.45, 2.75) is 44.8 Å². The second-order valence-corrected chi connectivity index (χ2v) is 9.08.